The van der Waals surface area contributed by atoms with Crippen LogP contribution in [0.15, 0.2) is 60.7 Å². The van der Waals surface area contributed by atoms with E-state index in [4.69, 9.17) is 4.74 Å². The van der Waals surface area contributed by atoms with Gasteiger partial charge in [0.2, 0.25) is 5.91 Å². The Morgan fingerprint density at radius 2 is 1.78 bits per heavy atom. The van der Waals surface area contributed by atoms with E-state index in [1.54, 1.807) is 25.3 Å². The number of carbonyl (C=O) groups is 2. The minimum atomic E-state index is -0.134. The van der Waals surface area contributed by atoms with Gasteiger partial charge in [-0.25, -0.2) is 0 Å². The van der Waals surface area contributed by atoms with Gasteiger partial charge in [-0.15, -0.1) is 0 Å². The fraction of sp³-hybridized carbons (Fsp3) is 0.217. The van der Waals surface area contributed by atoms with Crippen molar-refractivity contribution in [2.45, 2.75) is 26.3 Å². The Hall–Kier alpha value is -3.14. The number of rotatable bonds is 6. The Balaban J connectivity index is 1.79. The molecule has 27 heavy (non-hydrogen) atoms. The summed E-state index contributed by atoms with van der Waals surface area (Å²) in [6, 6.07) is 19.2. The molecule has 0 unspecified atom stereocenters. The zero-order valence-electron chi connectivity index (χ0n) is 15.8. The molecule has 4 heteroatoms. The normalized spacial score (nSPS) is 11.8. The number of amides is 1. The van der Waals surface area contributed by atoms with Crippen LogP contribution in [0, 0.1) is 0 Å². The van der Waals surface area contributed by atoms with E-state index >= 15 is 0 Å². The lowest BCUT2D eigenvalue weighted by Crippen LogP contribution is -2.28. The molecule has 138 valence electrons. The van der Waals surface area contributed by atoms with E-state index in [0.29, 0.717) is 16.9 Å². The zero-order valence-corrected chi connectivity index (χ0v) is 15.8. The van der Waals surface area contributed by atoms with E-state index in [0.717, 1.165) is 16.3 Å². The fourth-order valence-corrected chi connectivity index (χ4v) is 3.31. The van der Waals surface area contributed by atoms with Crippen LogP contribution in [0.4, 0.5) is 0 Å². The molecule has 0 radical (unpaired) electrons. The van der Waals surface area contributed by atoms with Crippen LogP contribution in [0.2, 0.25) is 0 Å². The quantitative estimate of drug-likeness (QED) is 0.659. The van der Waals surface area contributed by atoms with E-state index in [-0.39, 0.29) is 24.2 Å². The zero-order chi connectivity index (χ0) is 19.4. The molecule has 1 N–H and O–H groups in total. The SMILES string of the molecule is COc1ccc(C(C)=O)cc1CC(=O)N[C@H](C)c1cccc2ccccc12. The van der Waals surface area contributed by atoms with E-state index in [1.807, 2.05) is 31.2 Å². The number of ketones is 1. The molecule has 0 spiro atoms. The van der Waals surface area contributed by atoms with Crippen LogP contribution < -0.4 is 10.1 Å². The number of carbonyl (C=O) groups excluding carboxylic acids is 2. The van der Waals surface area contributed by atoms with Crippen LogP contribution in [0.25, 0.3) is 10.8 Å². The van der Waals surface area contributed by atoms with Crippen molar-refractivity contribution in [2.75, 3.05) is 7.11 Å². The van der Waals surface area contributed by atoms with Gasteiger partial charge in [-0.05, 0) is 48.4 Å². The summed E-state index contributed by atoms with van der Waals surface area (Å²) >= 11 is 0. The lowest BCUT2D eigenvalue weighted by molar-refractivity contribution is -0.121. The Morgan fingerprint density at radius 1 is 1.04 bits per heavy atom. The summed E-state index contributed by atoms with van der Waals surface area (Å²) in [5, 5.41) is 5.33. The van der Waals surface area contributed by atoms with Gasteiger partial charge in [0.25, 0.3) is 0 Å². The molecule has 0 aliphatic rings. The van der Waals surface area contributed by atoms with Crippen molar-refractivity contribution in [3.05, 3.63) is 77.4 Å². The number of methoxy groups -OCH3 is 1. The molecule has 0 saturated heterocycles. The highest BCUT2D eigenvalue weighted by molar-refractivity contribution is 5.95. The first-order valence-electron chi connectivity index (χ1n) is 8.94. The summed E-state index contributed by atoms with van der Waals surface area (Å²) in [5.41, 5.74) is 2.35. The molecule has 1 amide bonds. The Bertz CT molecular complexity index is 989. The van der Waals surface area contributed by atoms with Crippen molar-refractivity contribution in [3.63, 3.8) is 0 Å². The van der Waals surface area contributed by atoms with Crippen molar-refractivity contribution >= 4 is 22.5 Å². The average molecular weight is 361 g/mol. The van der Waals surface area contributed by atoms with Crippen molar-refractivity contribution in [1.29, 1.82) is 0 Å². The summed E-state index contributed by atoms with van der Waals surface area (Å²) < 4.78 is 5.34. The van der Waals surface area contributed by atoms with E-state index in [2.05, 4.69) is 23.5 Å². The molecular weight excluding hydrogens is 338 g/mol. The monoisotopic (exact) mass is 361 g/mol. The topological polar surface area (TPSA) is 55.4 Å². The van der Waals surface area contributed by atoms with Crippen LogP contribution >= 0.6 is 0 Å². The van der Waals surface area contributed by atoms with Gasteiger partial charge in [0.15, 0.2) is 5.78 Å². The number of ether oxygens (including phenoxy) is 1. The first kappa shape index (κ1) is 18.6. The molecule has 0 aromatic heterocycles. The summed E-state index contributed by atoms with van der Waals surface area (Å²) in [4.78, 5) is 24.3. The fourth-order valence-electron chi connectivity index (χ4n) is 3.31. The number of hydrogen-bond donors (Lipinski definition) is 1. The van der Waals surface area contributed by atoms with Crippen LogP contribution in [0.5, 0.6) is 5.75 Å². The maximum Gasteiger partial charge on any atom is 0.225 e. The van der Waals surface area contributed by atoms with Gasteiger partial charge in [-0.3, -0.25) is 9.59 Å². The number of hydrogen-bond acceptors (Lipinski definition) is 3. The predicted octanol–water partition coefficient (Wildman–Crippen LogP) is 4.47. The smallest absolute Gasteiger partial charge is 0.225 e. The summed E-state index contributed by atoms with van der Waals surface area (Å²) in [5.74, 6) is 0.450. The van der Waals surface area contributed by atoms with Crippen LogP contribution in [0.3, 0.4) is 0 Å². The molecule has 3 aromatic carbocycles. The summed E-state index contributed by atoms with van der Waals surface area (Å²) in [7, 11) is 1.56. The second-order valence-corrected chi connectivity index (χ2v) is 6.62. The van der Waals surface area contributed by atoms with Crippen LogP contribution in [-0.2, 0) is 11.2 Å². The number of Topliss-reactive ketones (excluding diaryl/α,β-unsaturated/α-hetero) is 1. The standard InChI is InChI=1S/C23H23NO3/c1-15(20-10-6-8-17-7-4-5-9-21(17)20)24-23(26)14-19-13-18(16(2)25)11-12-22(19)27-3/h4-13,15H,14H2,1-3H3,(H,24,26)/t15-/m1/s1. The maximum atomic E-state index is 12.6. The second-order valence-electron chi connectivity index (χ2n) is 6.62. The lowest BCUT2D eigenvalue weighted by Gasteiger charge is -2.17. The Labute approximate surface area is 159 Å². The number of benzene rings is 3. The highest BCUT2D eigenvalue weighted by Gasteiger charge is 2.15. The minimum absolute atomic E-state index is 0.0385. The van der Waals surface area contributed by atoms with Crippen molar-refractivity contribution in [3.8, 4) is 5.75 Å². The van der Waals surface area contributed by atoms with Gasteiger partial charge in [0.05, 0.1) is 19.6 Å². The molecule has 1 atom stereocenters. The second kappa shape index (κ2) is 8.04. The van der Waals surface area contributed by atoms with Gasteiger partial charge in [0.1, 0.15) is 5.75 Å². The van der Waals surface area contributed by atoms with Crippen molar-refractivity contribution < 1.29 is 14.3 Å². The van der Waals surface area contributed by atoms with Gasteiger partial charge < -0.3 is 10.1 Å². The molecular formula is C23H23NO3. The van der Waals surface area contributed by atoms with Gasteiger partial charge >= 0.3 is 0 Å². The van der Waals surface area contributed by atoms with Crippen LogP contribution in [0.1, 0.15) is 41.4 Å². The van der Waals surface area contributed by atoms with Crippen LogP contribution in [-0.4, -0.2) is 18.8 Å². The molecule has 0 bridgehead atoms. The molecule has 0 aliphatic heterocycles. The molecule has 0 heterocycles. The third-order valence-corrected chi connectivity index (χ3v) is 4.71. The van der Waals surface area contributed by atoms with Crippen molar-refractivity contribution in [1.82, 2.24) is 5.32 Å². The molecule has 3 aromatic rings. The Morgan fingerprint density at radius 3 is 2.52 bits per heavy atom. The number of fused-ring (bicyclic) bond motifs is 1. The summed E-state index contributed by atoms with van der Waals surface area (Å²) in [6.45, 7) is 3.48. The lowest BCUT2D eigenvalue weighted by atomic mass is 9.99. The van der Waals surface area contributed by atoms with E-state index < -0.39 is 0 Å². The molecule has 0 saturated carbocycles. The minimum Gasteiger partial charge on any atom is -0.496 e. The molecule has 0 aliphatic carbocycles. The highest BCUT2D eigenvalue weighted by Crippen LogP contribution is 2.25. The first-order valence-corrected chi connectivity index (χ1v) is 8.94. The maximum absolute atomic E-state index is 12.6. The number of nitrogens with one attached hydrogen (secondary N) is 1. The molecule has 3 rings (SSSR count). The third kappa shape index (κ3) is 4.17. The van der Waals surface area contributed by atoms with E-state index in [1.165, 1.54) is 6.92 Å². The largest absolute Gasteiger partial charge is 0.496 e. The summed E-state index contributed by atoms with van der Waals surface area (Å²) in [6.07, 6.45) is 0.152. The van der Waals surface area contributed by atoms with Crippen molar-refractivity contribution in [2.24, 2.45) is 0 Å². The predicted molar refractivity (Wildman–Crippen MR) is 107 cm³/mol. The Kier molecular flexibility index (Phi) is 5.55. The van der Waals surface area contributed by atoms with Gasteiger partial charge in [-0.1, -0.05) is 42.5 Å². The molecule has 4 nitrogen and oxygen atoms in total. The van der Waals surface area contributed by atoms with E-state index in [9.17, 15) is 9.59 Å². The average Bonchev–Trinajstić information content (AvgIpc) is 2.67. The molecule has 0 fully saturated rings. The first-order chi connectivity index (χ1) is 13.0. The third-order valence-electron chi connectivity index (χ3n) is 4.71. The van der Waals surface area contributed by atoms with Gasteiger partial charge in [-0.2, -0.15) is 0 Å². The van der Waals surface area contributed by atoms with Gasteiger partial charge in [0, 0.05) is 11.1 Å². The highest BCUT2D eigenvalue weighted by atomic mass is 16.5.